The Morgan fingerprint density at radius 2 is 1.76 bits per heavy atom. The van der Waals surface area contributed by atoms with E-state index in [1.807, 2.05) is 6.07 Å². The topological polar surface area (TPSA) is 119 Å². The molecule has 0 aromatic heterocycles. The Hall–Kier alpha value is -2.51. The SMILES string of the molecule is CS(=O)(=O)c1ccc(NC(=O)C23CCC(NCC(=O)N4C[C@@H](F)C[C@H]4C#N)(CC2)CC3)cc1. The molecule has 5 rings (SSSR count). The van der Waals surface area contributed by atoms with Crippen LogP contribution in [0.1, 0.15) is 44.9 Å². The second-order valence-electron chi connectivity index (χ2n) is 9.69. The van der Waals surface area contributed by atoms with Crippen molar-refractivity contribution >= 4 is 27.3 Å². The average Bonchev–Trinajstić information content (AvgIpc) is 3.19. The number of hydrogen-bond acceptors (Lipinski definition) is 6. The number of nitriles is 1. The van der Waals surface area contributed by atoms with Crippen LogP contribution in [0.25, 0.3) is 0 Å². The van der Waals surface area contributed by atoms with Crippen LogP contribution in [0.4, 0.5) is 10.1 Å². The Kier molecular flexibility index (Phi) is 6.22. The van der Waals surface area contributed by atoms with E-state index >= 15 is 0 Å². The van der Waals surface area contributed by atoms with E-state index < -0.39 is 27.5 Å². The third kappa shape index (κ3) is 4.75. The Morgan fingerprint density at radius 1 is 1.15 bits per heavy atom. The number of fused-ring (bicyclic) bond motifs is 3. The molecule has 2 N–H and O–H groups in total. The van der Waals surface area contributed by atoms with Crippen LogP contribution >= 0.6 is 0 Å². The normalized spacial score (nSPS) is 31.2. The molecule has 3 aliphatic carbocycles. The lowest BCUT2D eigenvalue weighted by molar-refractivity contribution is -0.135. The van der Waals surface area contributed by atoms with E-state index in [-0.39, 0.29) is 41.8 Å². The van der Waals surface area contributed by atoms with Gasteiger partial charge in [-0.05, 0) is 62.8 Å². The highest BCUT2D eigenvalue weighted by Crippen LogP contribution is 2.52. The molecule has 2 bridgehead atoms. The second-order valence-corrected chi connectivity index (χ2v) is 11.7. The molecule has 0 unspecified atom stereocenters. The quantitative estimate of drug-likeness (QED) is 0.650. The van der Waals surface area contributed by atoms with Crippen LogP contribution in [-0.2, 0) is 19.4 Å². The summed E-state index contributed by atoms with van der Waals surface area (Å²) >= 11 is 0. The zero-order valence-corrected chi connectivity index (χ0v) is 19.5. The Bertz CT molecular complexity index is 1060. The number of sulfone groups is 1. The molecule has 3 saturated carbocycles. The van der Waals surface area contributed by atoms with Crippen molar-refractivity contribution in [3.8, 4) is 6.07 Å². The molecule has 1 aliphatic heterocycles. The van der Waals surface area contributed by atoms with Crippen molar-refractivity contribution in [2.45, 2.75) is 67.6 Å². The van der Waals surface area contributed by atoms with E-state index in [9.17, 15) is 22.4 Å². The van der Waals surface area contributed by atoms with Gasteiger partial charge in [0.05, 0.1) is 24.1 Å². The lowest BCUT2D eigenvalue weighted by Gasteiger charge is -2.52. The monoisotopic (exact) mass is 476 g/mol. The van der Waals surface area contributed by atoms with Gasteiger partial charge in [0, 0.05) is 29.3 Å². The smallest absolute Gasteiger partial charge is 0.237 e. The van der Waals surface area contributed by atoms with E-state index in [1.165, 1.54) is 17.0 Å². The predicted molar refractivity (Wildman–Crippen MR) is 120 cm³/mol. The number of carbonyl (C=O) groups excluding carboxylic acids is 2. The van der Waals surface area contributed by atoms with Crippen molar-refractivity contribution in [2.24, 2.45) is 5.41 Å². The van der Waals surface area contributed by atoms with E-state index in [4.69, 9.17) is 5.26 Å². The van der Waals surface area contributed by atoms with Crippen molar-refractivity contribution in [1.82, 2.24) is 10.2 Å². The summed E-state index contributed by atoms with van der Waals surface area (Å²) in [6, 6.07) is 7.47. The summed E-state index contributed by atoms with van der Waals surface area (Å²) in [7, 11) is -3.29. The van der Waals surface area contributed by atoms with Crippen molar-refractivity contribution < 1.29 is 22.4 Å². The fraction of sp³-hybridized carbons (Fsp3) is 0.609. The number of rotatable bonds is 6. The lowest BCUT2D eigenvalue weighted by Crippen LogP contribution is -2.59. The van der Waals surface area contributed by atoms with Gasteiger partial charge in [-0.2, -0.15) is 5.26 Å². The van der Waals surface area contributed by atoms with Gasteiger partial charge in [0.1, 0.15) is 12.2 Å². The van der Waals surface area contributed by atoms with Gasteiger partial charge in [0.25, 0.3) is 0 Å². The van der Waals surface area contributed by atoms with Crippen LogP contribution in [0.15, 0.2) is 29.2 Å². The highest BCUT2D eigenvalue weighted by molar-refractivity contribution is 7.90. The number of carbonyl (C=O) groups is 2. The van der Waals surface area contributed by atoms with E-state index in [0.29, 0.717) is 24.9 Å². The summed E-state index contributed by atoms with van der Waals surface area (Å²) in [4.78, 5) is 27.2. The molecular formula is C23H29FN4O4S. The maximum Gasteiger partial charge on any atom is 0.237 e. The summed E-state index contributed by atoms with van der Waals surface area (Å²) in [5.41, 5.74) is -0.117. The molecule has 2 atom stereocenters. The Morgan fingerprint density at radius 3 is 2.30 bits per heavy atom. The van der Waals surface area contributed by atoms with Crippen LogP contribution in [0.2, 0.25) is 0 Å². The molecule has 33 heavy (non-hydrogen) atoms. The Balaban J connectivity index is 1.32. The predicted octanol–water partition coefficient (Wildman–Crippen LogP) is 2.17. The van der Waals surface area contributed by atoms with Crippen LogP contribution in [0, 0.1) is 16.7 Å². The van der Waals surface area contributed by atoms with Crippen molar-refractivity contribution in [1.29, 1.82) is 5.26 Å². The summed E-state index contributed by atoms with van der Waals surface area (Å²) in [6.07, 6.45) is 4.42. The molecule has 10 heteroatoms. The summed E-state index contributed by atoms with van der Waals surface area (Å²) in [5, 5.41) is 15.5. The number of likely N-dealkylation sites (tertiary alicyclic amines) is 1. The molecule has 8 nitrogen and oxygen atoms in total. The number of amides is 2. The zero-order chi connectivity index (χ0) is 23.9. The molecule has 4 fully saturated rings. The Labute approximate surface area is 193 Å². The van der Waals surface area contributed by atoms with E-state index in [0.717, 1.165) is 25.5 Å². The second kappa shape index (κ2) is 8.69. The van der Waals surface area contributed by atoms with E-state index in [2.05, 4.69) is 10.6 Å². The summed E-state index contributed by atoms with van der Waals surface area (Å²) in [6.45, 7) is 0.0387. The number of nitrogens with one attached hydrogen (secondary N) is 2. The first-order valence-corrected chi connectivity index (χ1v) is 13.1. The van der Waals surface area contributed by atoms with Crippen molar-refractivity contribution in [3.05, 3.63) is 24.3 Å². The van der Waals surface area contributed by atoms with Crippen LogP contribution in [-0.4, -0.2) is 62.2 Å². The van der Waals surface area contributed by atoms with Crippen LogP contribution in [0.3, 0.4) is 0 Å². The fourth-order valence-electron chi connectivity index (χ4n) is 5.39. The first kappa shape index (κ1) is 23.6. The highest BCUT2D eigenvalue weighted by atomic mass is 32.2. The largest absolute Gasteiger partial charge is 0.326 e. The van der Waals surface area contributed by atoms with Gasteiger partial charge in [-0.15, -0.1) is 0 Å². The molecule has 2 amide bonds. The van der Waals surface area contributed by atoms with Crippen LogP contribution in [0.5, 0.6) is 0 Å². The number of anilines is 1. The average molecular weight is 477 g/mol. The maximum absolute atomic E-state index is 13.6. The van der Waals surface area contributed by atoms with Crippen molar-refractivity contribution in [2.75, 3.05) is 24.7 Å². The maximum atomic E-state index is 13.6. The number of nitrogens with zero attached hydrogens (tertiary/aromatic N) is 2. The number of hydrogen-bond donors (Lipinski definition) is 2. The third-order valence-corrected chi connectivity index (χ3v) is 8.73. The third-order valence-electron chi connectivity index (χ3n) is 7.60. The molecule has 1 aromatic carbocycles. The number of benzene rings is 1. The lowest BCUT2D eigenvalue weighted by atomic mass is 9.57. The highest BCUT2D eigenvalue weighted by Gasteiger charge is 2.52. The molecule has 178 valence electrons. The van der Waals surface area contributed by atoms with Gasteiger partial charge in [-0.25, -0.2) is 12.8 Å². The number of alkyl halides is 1. The van der Waals surface area contributed by atoms with Gasteiger partial charge < -0.3 is 15.5 Å². The van der Waals surface area contributed by atoms with Gasteiger partial charge in [-0.3, -0.25) is 9.59 Å². The molecule has 1 aromatic rings. The summed E-state index contributed by atoms with van der Waals surface area (Å²) in [5.74, 6) is -0.310. The standard InChI is InChI=1S/C23H29FN4O4S/c1-33(31,32)19-4-2-17(3-5-19)27-21(30)22-6-9-23(10-7-22,11-8-22)26-14-20(29)28-15-16(24)12-18(28)13-25/h2-5,16,18,26H,6-12,14-15H2,1H3,(H,27,30)/t16-,18-,22?,23?/m0/s1. The molecular weight excluding hydrogens is 447 g/mol. The minimum absolute atomic E-state index is 0.0276. The molecule has 1 saturated heterocycles. The van der Waals surface area contributed by atoms with E-state index in [1.54, 1.807) is 12.1 Å². The molecule has 1 heterocycles. The van der Waals surface area contributed by atoms with Gasteiger partial charge in [0.15, 0.2) is 9.84 Å². The summed E-state index contributed by atoms with van der Waals surface area (Å²) < 4.78 is 36.9. The molecule has 0 radical (unpaired) electrons. The minimum atomic E-state index is -3.29. The van der Waals surface area contributed by atoms with Gasteiger partial charge in [0.2, 0.25) is 11.8 Å². The fourth-order valence-corrected chi connectivity index (χ4v) is 6.02. The zero-order valence-electron chi connectivity index (χ0n) is 18.6. The molecule has 4 aliphatic rings. The van der Waals surface area contributed by atoms with Crippen LogP contribution < -0.4 is 10.6 Å². The van der Waals surface area contributed by atoms with Gasteiger partial charge in [-0.1, -0.05) is 0 Å². The molecule has 0 spiro atoms. The van der Waals surface area contributed by atoms with Crippen molar-refractivity contribution in [3.63, 3.8) is 0 Å². The first-order valence-electron chi connectivity index (χ1n) is 11.3. The number of halogens is 1. The van der Waals surface area contributed by atoms with Gasteiger partial charge >= 0.3 is 0 Å². The minimum Gasteiger partial charge on any atom is -0.326 e. The first-order chi connectivity index (χ1) is 15.6.